The fourth-order valence-corrected chi connectivity index (χ4v) is 1.73. The SMILES string of the molecule is O=[N+]([O-])c1cc([N+](=O)[O-])c2c(n1)-c1nnnn1CN2. The van der Waals surface area contributed by atoms with Gasteiger partial charge in [0, 0.05) is 0 Å². The lowest BCUT2D eigenvalue weighted by molar-refractivity contribution is -0.396. The molecule has 0 atom stereocenters. The Morgan fingerprint density at radius 3 is 2.79 bits per heavy atom. The second kappa shape index (κ2) is 3.66. The number of hydrogen-bond acceptors (Lipinski definition) is 9. The van der Waals surface area contributed by atoms with Crippen LogP contribution in [0.4, 0.5) is 17.2 Å². The third-order valence-electron chi connectivity index (χ3n) is 2.52. The summed E-state index contributed by atoms with van der Waals surface area (Å²) in [5.41, 5.74) is -0.388. The van der Waals surface area contributed by atoms with Crippen LogP contribution >= 0.6 is 0 Å². The van der Waals surface area contributed by atoms with E-state index in [1.807, 2.05) is 0 Å². The van der Waals surface area contributed by atoms with E-state index < -0.39 is 21.4 Å². The number of aromatic nitrogens is 5. The molecular weight excluding hydrogens is 260 g/mol. The van der Waals surface area contributed by atoms with Crippen molar-refractivity contribution in [2.75, 3.05) is 5.32 Å². The zero-order valence-corrected chi connectivity index (χ0v) is 9.05. The van der Waals surface area contributed by atoms with Crippen LogP contribution in [0, 0.1) is 20.2 Å². The second-order valence-electron chi connectivity index (χ2n) is 3.57. The summed E-state index contributed by atoms with van der Waals surface area (Å²) < 4.78 is 1.29. The summed E-state index contributed by atoms with van der Waals surface area (Å²) in [5, 5.41) is 35.1. The van der Waals surface area contributed by atoms with E-state index in [0.29, 0.717) is 0 Å². The third-order valence-corrected chi connectivity index (χ3v) is 2.52. The van der Waals surface area contributed by atoms with Gasteiger partial charge < -0.3 is 15.4 Å². The van der Waals surface area contributed by atoms with E-state index in [1.54, 1.807) is 0 Å². The maximum atomic E-state index is 11.0. The van der Waals surface area contributed by atoms with Crippen molar-refractivity contribution in [3.8, 4) is 11.5 Å². The zero-order chi connectivity index (χ0) is 13.6. The molecule has 0 saturated carbocycles. The van der Waals surface area contributed by atoms with Gasteiger partial charge in [0.2, 0.25) is 5.82 Å². The van der Waals surface area contributed by atoms with E-state index in [0.717, 1.165) is 6.07 Å². The van der Waals surface area contributed by atoms with Crippen LogP contribution in [0.3, 0.4) is 0 Å². The Morgan fingerprint density at radius 2 is 2.11 bits per heavy atom. The van der Waals surface area contributed by atoms with Crippen LogP contribution in [0.15, 0.2) is 6.07 Å². The molecule has 0 amide bonds. The van der Waals surface area contributed by atoms with Gasteiger partial charge in [-0.3, -0.25) is 10.1 Å². The Balaban J connectivity index is 2.32. The van der Waals surface area contributed by atoms with Crippen LogP contribution in [-0.2, 0) is 6.67 Å². The molecule has 3 heterocycles. The van der Waals surface area contributed by atoms with Gasteiger partial charge >= 0.3 is 11.5 Å². The topological polar surface area (TPSA) is 155 Å². The highest BCUT2D eigenvalue weighted by Gasteiger charge is 2.34. The number of nitrogens with zero attached hydrogens (tertiary/aromatic N) is 7. The number of fused-ring (bicyclic) bond motifs is 3. The van der Waals surface area contributed by atoms with Gasteiger partial charge in [-0.2, -0.15) is 0 Å². The lowest BCUT2D eigenvalue weighted by Gasteiger charge is -2.13. The van der Waals surface area contributed by atoms with Gasteiger partial charge in [0.15, 0.2) is 5.69 Å². The maximum Gasteiger partial charge on any atom is 0.371 e. The van der Waals surface area contributed by atoms with Gasteiger partial charge in [0.1, 0.15) is 12.7 Å². The summed E-state index contributed by atoms with van der Waals surface area (Å²) in [5.74, 6) is -0.496. The maximum absolute atomic E-state index is 11.0. The standard InChI is InChI=1S/C7H4N8O4/c16-14(17)3-1-4(15(18)19)9-6-5(3)8-2-13-7(6)10-11-12-13/h1,8H,2H2. The van der Waals surface area contributed by atoms with Crippen molar-refractivity contribution in [1.82, 2.24) is 25.2 Å². The number of nitrogens with one attached hydrogen (secondary N) is 1. The first kappa shape index (κ1) is 10.9. The van der Waals surface area contributed by atoms with Crippen LogP contribution in [0.2, 0.25) is 0 Å². The second-order valence-corrected chi connectivity index (χ2v) is 3.57. The number of anilines is 1. The Labute approximate surface area is 103 Å². The molecule has 0 saturated heterocycles. The summed E-state index contributed by atoms with van der Waals surface area (Å²) in [6.07, 6.45) is 0. The molecular formula is C7H4N8O4. The van der Waals surface area contributed by atoms with E-state index in [1.165, 1.54) is 4.68 Å². The first-order chi connectivity index (χ1) is 9.08. The molecule has 2 aromatic heterocycles. The first-order valence-corrected chi connectivity index (χ1v) is 4.92. The molecule has 0 spiro atoms. The number of pyridine rings is 1. The van der Waals surface area contributed by atoms with Crippen LogP contribution in [0.5, 0.6) is 0 Å². The molecule has 2 aromatic rings. The van der Waals surface area contributed by atoms with Gasteiger partial charge in [0.05, 0.1) is 4.92 Å². The Kier molecular flexibility index (Phi) is 2.11. The van der Waals surface area contributed by atoms with E-state index in [9.17, 15) is 20.2 Å². The summed E-state index contributed by atoms with van der Waals surface area (Å²) in [4.78, 5) is 23.9. The van der Waals surface area contributed by atoms with Crippen LogP contribution < -0.4 is 5.32 Å². The third kappa shape index (κ3) is 1.54. The first-order valence-electron chi connectivity index (χ1n) is 4.92. The van der Waals surface area contributed by atoms with Crippen molar-refractivity contribution >= 4 is 17.2 Å². The summed E-state index contributed by atoms with van der Waals surface area (Å²) >= 11 is 0. The van der Waals surface area contributed by atoms with Gasteiger partial charge in [-0.15, -0.1) is 5.10 Å². The monoisotopic (exact) mass is 264 g/mol. The highest BCUT2D eigenvalue weighted by Crippen LogP contribution is 2.37. The highest BCUT2D eigenvalue weighted by molar-refractivity contribution is 5.80. The average molecular weight is 264 g/mol. The predicted molar refractivity (Wildman–Crippen MR) is 58.0 cm³/mol. The average Bonchev–Trinajstić information content (AvgIpc) is 2.85. The molecule has 19 heavy (non-hydrogen) atoms. The van der Waals surface area contributed by atoms with Gasteiger partial charge in [-0.1, -0.05) is 0 Å². The van der Waals surface area contributed by atoms with E-state index >= 15 is 0 Å². The lowest BCUT2D eigenvalue weighted by Crippen LogP contribution is -2.19. The molecule has 0 radical (unpaired) electrons. The summed E-state index contributed by atoms with van der Waals surface area (Å²) in [7, 11) is 0. The number of hydrogen-bond donors (Lipinski definition) is 1. The zero-order valence-electron chi connectivity index (χ0n) is 9.05. The molecule has 0 aliphatic carbocycles. The van der Waals surface area contributed by atoms with Crippen molar-refractivity contribution in [1.29, 1.82) is 0 Å². The molecule has 96 valence electrons. The van der Waals surface area contributed by atoms with Crippen molar-refractivity contribution in [3.05, 3.63) is 26.3 Å². The highest BCUT2D eigenvalue weighted by atomic mass is 16.6. The predicted octanol–water partition coefficient (Wildman–Crippen LogP) is -0.0655. The van der Waals surface area contributed by atoms with Crippen LogP contribution in [-0.4, -0.2) is 35.0 Å². The van der Waals surface area contributed by atoms with Gasteiger partial charge in [0.25, 0.3) is 5.69 Å². The number of nitro groups is 2. The van der Waals surface area contributed by atoms with Gasteiger partial charge in [-0.05, 0) is 20.3 Å². The fourth-order valence-electron chi connectivity index (χ4n) is 1.73. The minimum Gasteiger partial charge on any atom is -0.358 e. The molecule has 1 aliphatic rings. The molecule has 3 rings (SSSR count). The van der Waals surface area contributed by atoms with Crippen molar-refractivity contribution in [3.63, 3.8) is 0 Å². The molecule has 0 unspecified atom stereocenters. The number of tetrazole rings is 1. The molecule has 0 bridgehead atoms. The van der Waals surface area contributed by atoms with Gasteiger partial charge in [-0.25, -0.2) is 4.68 Å². The van der Waals surface area contributed by atoms with Crippen LogP contribution in [0.1, 0.15) is 0 Å². The fraction of sp³-hybridized carbons (Fsp3) is 0.143. The Hall–Kier alpha value is -3.18. The quantitative estimate of drug-likeness (QED) is 0.579. The summed E-state index contributed by atoms with van der Waals surface area (Å²) in [6.45, 7) is 0.121. The molecule has 1 N–H and O–H groups in total. The Morgan fingerprint density at radius 1 is 1.32 bits per heavy atom. The van der Waals surface area contributed by atoms with Crippen molar-refractivity contribution in [2.24, 2.45) is 0 Å². The Bertz CT molecular complexity index is 709. The van der Waals surface area contributed by atoms with Crippen LogP contribution in [0.25, 0.3) is 11.5 Å². The largest absolute Gasteiger partial charge is 0.371 e. The lowest BCUT2D eigenvalue weighted by atomic mass is 10.2. The van der Waals surface area contributed by atoms with E-state index in [2.05, 4.69) is 25.8 Å². The van der Waals surface area contributed by atoms with E-state index in [-0.39, 0.29) is 23.9 Å². The normalized spacial score (nSPS) is 12.2. The van der Waals surface area contributed by atoms with Crippen molar-refractivity contribution in [2.45, 2.75) is 6.67 Å². The molecule has 0 aromatic carbocycles. The molecule has 12 nitrogen and oxygen atoms in total. The van der Waals surface area contributed by atoms with E-state index in [4.69, 9.17) is 0 Å². The molecule has 12 heteroatoms. The smallest absolute Gasteiger partial charge is 0.358 e. The molecule has 1 aliphatic heterocycles. The minimum absolute atomic E-state index is 0.0165. The van der Waals surface area contributed by atoms with Crippen molar-refractivity contribution < 1.29 is 9.85 Å². The molecule has 0 fully saturated rings. The summed E-state index contributed by atoms with van der Waals surface area (Å²) in [6, 6.07) is 0.797. The minimum atomic E-state index is -0.810. The number of rotatable bonds is 2.